The number of aromatic nitrogens is 1. The van der Waals surface area contributed by atoms with E-state index in [1.807, 2.05) is 12.1 Å². The SMILES string of the molecule is COc1ccccc1N1CC[NH+](Cc2cc3ccc(SC)cc3nc2Cl)CC1. The number of halogens is 1. The third kappa shape index (κ3) is 4.07. The van der Waals surface area contributed by atoms with E-state index in [0.717, 1.165) is 54.9 Å². The summed E-state index contributed by atoms with van der Waals surface area (Å²) in [5.74, 6) is 0.942. The van der Waals surface area contributed by atoms with Gasteiger partial charge in [-0.3, -0.25) is 0 Å². The highest BCUT2D eigenvalue weighted by atomic mass is 35.5. The zero-order chi connectivity index (χ0) is 19.5. The molecule has 1 aliphatic heterocycles. The predicted octanol–water partition coefficient (Wildman–Crippen LogP) is 3.52. The normalized spacial score (nSPS) is 15.2. The molecule has 4 rings (SSSR count). The van der Waals surface area contributed by atoms with E-state index >= 15 is 0 Å². The summed E-state index contributed by atoms with van der Waals surface area (Å²) in [6.45, 7) is 5.05. The Balaban J connectivity index is 1.45. The molecule has 4 nitrogen and oxygen atoms in total. The summed E-state index contributed by atoms with van der Waals surface area (Å²) in [5, 5.41) is 1.79. The lowest BCUT2D eigenvalue weighted by Crippen LogP contribution is -3.13. The standard InChI is InChI=1S/C22H24ClN3OS/c1-27-21-6-4-3-5-20(21)26-11-9-25(10-12-26)15-17-13-16-7-8-18(28-2)14-19(16)24-22(17)23/h3-8,13-14H,9-12,15H2,1-2H3/p+1. The molecule has 0 aliphatic carbocycles. The zero-order valence-corrected chi connectivity index (χ0v) is 17.8. The average Bonchev–Trinajstić information content (AvgIpc) is 2.74. The van der Waals surface area contributed by atoms with Gasteiger partial charge in [0, 0.05) is 15.8 Å². The number of nitrogens with one attached hydrogen (secondary N) is 1. The lowest BCUT2D eigenvalue weighted by molar-refractivity contribution is -0.914. The van der Waals surface area contributed by atoms with Crippen LogP contribution >= 0.6 is 23.4 Å². The molecule has 1 aromatic heterocycles. The fourth-order valence-corrected chi connectivity index (χ4v) is 4.47. The Kier molecular flexibility index (Phi) is 5.95. The Labute approximate surface area is 175 Å². The Morgan fingerprint density at radius 2 is 1.93 bits per heavy atom. The maximum Gasteiger partial charge on any atom is 0.142 e. The van der Waals surface area contributed by atoms with Crippen LogP contribution in [-0.2, 0) is 6.54 Å². The van der Waals surface area contributed by atoms with Crippen molar-refractivity contribution < 1.29 is 9.64 Å². The van der Waals surface area contributed by atoms with Gasteiger partial charge in [-0.15, -0.1) is 11.8 Å². The number of fused-ring (bicyclic) bond motifs is 1. The van der Waals surface area contributed by atoms with Crippen LogP contribution in [-0.4, -0.2) is 44.5 Å². The molecule has 1 fully saturated rings. The molecule has 0 unspecified atom stereocenters. The Morgan fingerprint density at radius 3 is 2.68 bits per heavy atom. The summed E-state index contributed by atoms with van der Waals surface area (Å²) in [6, 6.07) is 16.8. The monoisotopic (exact) mass is 414 g/mol. The van der Waals surface area contributed by atoms with Crippen LogP contribution < -0.4 is 14.5 Å². The molecule has 2 aromatic carbocycles. The van der Waals surface area contributed by atoms with E-state index in [1.165, 1.54) is 15.5 Å². The molecule has 0 atom stereocenters. The Bertz CT molecular complexity index is 973. The molecule has 1 saturated heterocycles. The molecule has 1 aliphatic rings. The number of ether oxygens (including phenoxy) is 1. The topological polar surface area (TPSA) is 29.8 Å². The van der Waals surface area contributed by atoms with E-state index in [4.69, 9.17) is 16.3 Å². The van der Waals surface area contributed by atoms with Gasteiger partial charge in [0.05, 0.1) is 44.5 Å². The summed E-state index contributed by atoms with van der Waals surface area (Å²) < 4.78 is 5.52. The summed E-state index contributed by atoms with van der Waals surface area (Å²) >= 11 is 8.25. The number of pyridine rings is 1. The largest absolute Gasteiger partial charge is 0.495 e. The van der Waals surface area contributed by atoms with E-state index in [2.05, 4.69) is 52.5 Å². The van der Waals surface area contributed by atoms with Crippen LogP contribution in [0.25, 0.3) is 10.9 Å². The van der Waals surface area contributed by atoms with E-state index in [0.29, 0.717) is 5.15 Å². The smallest absolute Gasteiger partial charge is 0.142 e. The summed E-state index contributed by atoms with van der Waals surface area (Å²) in [7, 11) is 1.73. The summed E-state index contributed by atoms with van der Waals surface area (Å²) in [6.07, 6.45) is 2.07. The number of hydrogen-bond donors (Lipinski definition) is 1. The number of nitrogens with zero attached hydrogens (tertiary/aromatic N) is 2. The minimum absolute atomic E-state index is 0.630. The fourth-order valence-electron chi connectivity index (χ4n) is 3.82. The van der Waals surface area contributed by atoms with Gasteiger partial charge >= 0.3 is 0 Å². The number of thioether (sulfide) groups is 1. The second kappa shape index (κ2) is 8.60. The molecule has 1 N–H and O–H groups in total. The Hall–Kier alpha value is -1.95. The van der Waals surface area contributed by atoms with Crippen molar-refractivity contribution in [2.45, 2.75) is 11.4 Å². The van der Waals surface area contributed by atoms with E-state index < -0.39 is 0 Å². The van der Waals surface area contributed by atoms with Crippen LogP contribution in [0.3, 0.4) is 0 Å². The number of hydrogen-bond acceptors (Lipinski definition) is 4. The van der Waals surface area contributed by atoms with Crippen molar-refractivity contribution in [1.82, 2.24) is 4.98 Å². The number of para-hydroxylation sites is 2. The first-order valence-corrected chi connectivity index (χ1v) is 11.1. The molecule has 0 saturated carbocycles. The van der Waals surface area contributed by atoms with Gasteiger partial charge in [0.1, 0.15) is 17.4 Å². The van der Waals surface area contributed by atoms with Crippen LogP contribution in [0.5, 0.6) is 5.75 Å². The minimum atomic E-state index is 0.630. The van der Waals surface area contributed by atoms with Gasteiger partial charge in [-0.1, -0.05) is 29.8 Å². The first kappa shape index (κ1) is 19.4. The second-order valence-electron chi connectivity index (χ2n) is 7.08. The van der Waals surface area contributed by atoms with Crippen LogP contribution in [0.2, 0.25) is 5.15 Å². The maximum absolute atomic E-state index is 6.52. The molecular weight excluding hydrogens is 390 g/mol. The molecule has 146 valence electrons. The van der Waals surface area contributed by atoms with Crippen molar-refractivity contribution in [2.24, 2.45) is 0 Å². The minimum Gasteiger partial charge on any atom is -0.495 e. The van der Waals surface area contributed by atoms with Crippen molar-refractivity contribution in [3.05, 3.63) is 59.2 Å². The van der Waals surface area contributed by atoms with Gasteiger partial charge in [0.15, 0.2) is 0 Å². The highest BCUT2D eigenvalue weighted by Crippen LogP contribution is 2.27. The quantitative estimate of drug-likeness (QED) is 0.511. The van der Waals surface area contributed by atoms with Gasteiger partial charge in [0.25, 0.3) is 0 Å². The highest BCUT2D eigenvalue weighted by Gasteiger charge is 2.23. The van der Waals surface area contributed by atoms with Gasteiger partial charge in [-0.05, 0) is 36.6 Å². The van der Waals surface area contributed by atoms with Crippen molar-refractivity contribution >= 4 is 40.0 Å². The summed E-state index contributed by atoms with van der Waals surface area (Å²) in [5.41, 5.74) is 3.28. The molecule has 0 amide bonds. The van der Waals surface area contributed by atoms with Gasteiger partial charge < -0.3 is 14.5 Å². The first-order chi connectivity index (χ1) is 13.7. The van der Waals surface area contributed by atoms with Gasteiger partial charge in [-0.25, -0.2) is 4.98 Å². The van der Waals surface area contributed by atoms with Crippen molar-refractivity contribution in [1.29, 1.82) is 0 Å². The number of quaternary nitrogens is 1. The molecule has 0 radical (unpaired) electrons. The average molecular weight is 415 g/mol. The molecule has 0 spiro atoms. The third-order valence-corrected chi connectivity index (χ3v) is 6.44. The predicted molar refractivity (Wildman–Crippen MR) is 118 cm³/mol. The summed E-state index contributed by atoms with van der Waals surface area (Å²) in [4.78, 5) is 9.80. The maximum atomic E-state index is 6.52. The molecule has 6 heteroatoms. The van der Waals surface area contributed by atoms with Gasteiger partial charge in [0.2, 0.25) is 0 Å². The van der Waals surface area contributed by atoms with E-state index in [1.54, 1.807) is 18.9 Å². The van der Waals surface area contributed by atoms with Crippen LogP contribution in [0.1, 0.15) is 5.56 Å². The van der Waals surface area contributed by atoms with Crippen molar-refractivity contribution in [2.75, 3.05) is 44.4 Å². The molecule has 2 heterocycles. The first-order valence-electron chi connectivity index (χ1n) is 9.52. The molecule has 3 aromatic rings. The van der Waals surface area contributed by atoms with Gasteiger partial charge in [-0.2, -0.15) is 0 Å². The van der Waals surface area contributed by atoms with Crippen molar-refractivity contribution in [3.63, 3.8) is 0 Å². The Morgan fingerprint density at radius 1 is 1.14 bits per heavy atom. The van der Waals surface area contributed by atoms with Crippen molar-refractivity contribution in [3.8, 4) is 5.75 Å². The van der Waals surface area contributed by atoms with Crippen LogP contribution in [0.15, 0.2) is 53.4 Å². The number of anilines is 1. The zero-order valence-electron chi connectivity index (χ0n) is 16.2. The second-order valence-corrected chi connectivity index (χ2v) is 8.32. The molecule has 28 heavy (non-hydrogen) atoms. The molecule has 0 bridgehead atoms. The third-order valence-electron chi connectivity index (χ3n) is 5.39. The lowest BCUT2D eigenvalue weighted by atomic mass is 10.1. The van der Waals surface area contributed by atoms with Crippen LogP contribution in [0.4, 0.5) is 5.69 Å². The molecular formula is C22H25ClN3OS+. The number of methoxy groups -OCH3 is 1. The number of rotatable bonds is 5. The van der Waals surface area contributed by atoms with E-state index in [-0.39, 0.29) is 0 Å². The van der Waals surface area contributed by atoms with Crippen LogP contribution in [0, 0.1) is 0 Å². The highest BCUT2D eigenvalue weighted by molar-refractivity contribution is 7.98. The number of benzene rings is 2. The number of piperazine rings is 1. The lowest BCUT2D eigenvalue weighted by Gasteiger charge is -2.34. The van der Waals surface area contributed by atoms with E-state index in [9.17, 15) is 0 Å². The fraction of sp³-hybridized carbons (Fsp3) is 0.318.